The van der Waals surface area contributed by atoms with Crippen molar-refractivity contribution in [3.63, 3.8) is 0 Å². The Hall–Kier alpha value is -0.570. The van der Waals surface area contributed by atoms with E-state index >= 15 is 0 Å². The zero-order valence-electron chi connectivity index (χ0n) is 11.6. The molecule has 2 fully saturated rings. The number of hydrogen-bond donors (Lipinski definition) is 1. The summed E-state index contributed by atoms with van der Waals surface area (Å²) in [4.78, 5) is 14.6. The van der Waals surface area contributed by atoms with E-state index in [9.17, 15) is 4.79 Å². The van der Waals surface area contributed by atoms with Crippen LogP contribution in [0.2, 0.25) is 0 Å². The first-order chi connectivity index (χ1) is 8.04. The van der Waals surface area contributed by atoms with Crippen LogP contribution in [0, 0.1) is 11.8 Å². The summed E-state index contributed by atoms with van der Waals surface area (Å²) < 4.78 is 0. The Kier molecular flexibility index (Phi) is 3.76. The molecule has 2 rings (SSSR count). The van der Waals surface area contributed by atoms with Crippen molar-refractivity contribution in [2.75, 3.05) is 0 Å². The number of nitrogens with one attached hydrogen (secondary N) is 1. The maximum absolute atomic E-state index is 12.5. The zero-order valence-corrected chi connectivity index (χ0v) is 11.6. The van der Waals surface area contributed by atoms with Gasteiger partial charge >= 0.3 is 0 Å². The first kappa shape index (κ1) is 12.9. The molecule has 0 aromatic rings. The van der Waals surface area contributed by atoms with Crippen molar-refractivity contribution in [3.05, 3.63) is 0 Å². The lowest BCUT2D eigenvalue weighted by molar-refractivity contribution is -0.132. The number of rotatable bonds is 3. The molecule has 4 unspecified atom stereocenters. The van der Waals surface area contributed by atoms with E-state index in [0.717, 1.165) is 12.3 Å². The molecule has 0 radical (unpaired) electrons. The van der Waals surface area contributed by atoms with Crippen LogP contribution in [0.1, 0.15) is 53.4 Å². The molecular weight excluding hydrogens is 212 g/mol. The van der Waals surface area contributed by atoms with E-state index in [1.807, 2.05) is 0 Å². The number of hydrogen-bond acceptors (Lipinski definition) is 2. The minimum absolute atomic E-state index is 0.0378. The Morgan fingerprint density at radius 3 is 2.59 bits per heavy atom. The number of carbonyl (C=O) groups excluding carboxylic acids is 1. The maximum Gasteiger partial charge on any atom is 0.241 e. The lowest BCUT2D eigenvalue weighted by atomic mass is 10.0. The van der Waals surface area contributed by atoms with Gasteiger partial charge in [0.2, 0.25) is 5.91 Å². The molecule has 1 aliphatic carbocycles. The monoisotopic (exact) mass is 238 g/mol. The van der Waals surface area contributed by atoms with E-state index in [4.69, 9.17) is 0 Å². The Balaban J connectivity index is 2.11. The quantitative estimate of drug-likeness (QED) is 0.818. The fourth-order valence-electron chi connectivity index (χ4n) is 3.33. The second-order valence-corrected chi connectivity index (χ2v) is 6.13. The highest BCUT2D eigenvalue weighted by molar-refractivity contribution is 5.85. The molecule has 0 spiro atoms. The van der Waals surface area contributed by atoms with Crippen LogP contribution >= 0.6 is 0 Å². The Morgan fingerprint density at radius 2 is 2.12 bits per heavy atom. The summed E-state index contributed by atoms with van der Waals surface area (Å²) in [6.45, 7) is 8.72. The summed E-state index contributed by atoms with van der Waals surface area (Å²) >= 11 is 0. The van der Waals surface area contributed by atoms with Gasteiger partial charge in [0.1, 0.15) is 0 Å². The summed E-state index contributed by atoms with van der Waals surface area (Å²) in [6.07, 6.45) is 4.94. The Morgan fingerprint density at radius 1 is 1.41 bits per heavy atom. The van der Waals surface area contributed by atoms with Crippen molar-refractivity contribution in [2.24, 2.45) is 11.8 Å². The van der Waals surface area contributed by atoms with Crippen LogP contribution < -0.4 is 5.32 Å². The second kappa shape index (κ2) is 4.97. The average molecular weight is 238 g/mol. The predicted octanol–water partition coefficient (Wildman–Crippen LogP) is 2.37. The smallest absolute Gasteiger partial charge is 0.241 e. The molecule has 98 valence electrons. The molecule has 4 atom stereocenters. The fourth-order valence-corrected chi connectivity index (χ4v) is 3.33. The highest BCUT2D eigenvalue weighted by Crippen LogP contribution is 2.33. The van der Waals surface area contributed by atoms with Crippen molar-refractivity contribution in [3.8, 4) is 0 Å². The molecule has 0 bridgehead atoms. The lowest BCUT2D eigenvalue weighted by Crippen LogP contribution is -2.43. The number of nitrogens with zero attached hydrogens (tertiary/aromatic N) is 1. The van der Waals surface area contributed by atoms with Crippen molar-refractivity contribution >= 4 is 5.91 Å². The molecule has 0 aromatic heterocycles. The van der Waals surface area contributed by atoms with Crippen molar-refractivity contribution in [1.29, 1.82) is 0 Å². The third-order valence-corrected chi connectivity index (χ3v) is 4.34. The van der Waals surface area contributed by atoms with Gasteiger partial charge in [0, 0.05) is 6.04 Å². The van der Waals surface area contributed by atoms with Crippen molar-refractivity contribution < 1.29 is 4.79 Å². The van der Waals surface area contributed by atoms with E-state index in [1.54, 1.807) is 0 Å². The van der Waals surface area contributed by atoms with Crippen LogP contribution in [-0.2, 0) is 4.79 Å². The fraction of sp³-hybridized carbons (Fsp3) is 0.929. The van der Waals surface area contributed by atoms with Gasteiger partial charge in [0.25, 0.3) is 0 Å². The molecule has 0 aromatic carbocycles. The molecule has 2 aliphatic rings. The topological polar surface area (TPSA) is 32.3 Å². The standard InChI is InChI=1S/C14H26N2O/c1-5-12-15-13(9(2)3)14(17)16(12)11-7-6-10(4)8-11/h9-13,15H,5-8H2,1-4H3. The van der Waals surface area contributed by atoms with Crippen molar-refractivity contribution in [1.82, 2.24) is 10.2 Å². The Bertz CT molecular complexity index is 290. The Labute approximate surface area is 105 Å². The molecule has 3 heteroatoms. The molecule has 3 nitrogen and oxygen atoms in total. The number of amides is 1. The molecule has 1 amide bonds. The highest BCUT2D eigenvalue weighted by Gasteiger charge is 2.44. The van der Waals surface area contributed by atoms with Crippen molar-refractivity contribution in [2.45, 2.75) is 71.6 Å². The van der Waals surface area contributed by atoms with Crippen LogP contribution in [0.3, 0.4) is 0 Å². The van der Waals surface area contributed by atoms with Gasteiger partial charge in [0.05, 0.1) is 12.2 Å². The molecule has 17 heavy (non-hydrogen) atoms. The summed E-state index contributed by atoms with van der Waals surface area (Å²) in [6, 6.07) is 0.523. The first-order valence-electron chi connectivity index (χ1n) is 7.12. The van der Waals surface area contributed by atoms with E-state index < -0.39 is 0 Å². The molecule has 1 saturated heterocycles. The molecule has 1 heterocycles. The van der Waals surface area contributed by atoms with Crippen LogP contribution in [0.25, 0.3) is 0 Å². The largest absolute Gasteiger partial charge is 0.323 e. The molecule has 1 N–H and O–H groups in total. The van der Waals surface area contributed by atoms with Gasteiger partial charge in [-0.15, -0.1) is 0 Å². The van der Waals surface area contributed by atoms with Gasteiger partial charge < -0.3 is 4.90 Å². The first-order valence-corrected chi connectivity index (χ1v) is 7.12. The SMILES string of the molecule is CCC1NC(C(C)C)C(=O)N1C1CCC(C)C1. The van der Waals surface area contributed by atoms with E-state index in [1.165, 1.54) is 19.3 Å². The van der Waals surface area contributed by atoms with Gasteiger partial charge in [-0.1, -0.05) is 27.7 Å². The van der Waals surface area contributed by atoms with Gasteiger partial charge in [0.15, 0.2) is 0 Å². The summed E-state index contributed by atoms with van der Waals surface area (Å²) in [5.74, 6) is 1.51. The third kappa shape index (κ3) is 2.35. The zero-order chi connectivity index (χ0) is 12.6. The minimum atomic E-state index is 0.0378. The minimum Gasteiger partial charge on any atom is -0.323 e. The van der Waals surface area contributed by atoms with Gasteiger partial charge in [-0.3, -0.25) is 10.1 Å². The molecular formula is C14H26N2O. The number of carbonyl (C=O) groups is 1. The highest BCUT2D eigenvalue weighted by atomic mass is 16.2. The summed E-state index contributed by atoms with van der Waals surface area (Å²) in [7, 11) is 0. The second-order valence-electron chi connectivity index (χ2n) is 6.13. The van der Waals surface area contributed by atoms with Crippen LogP contribution in [0.15, 0.2) is 0 Å². The van der Waals surface area contributed by atoms with E-state index in [0.29, 0.717) is 17.9 Å². The third-order valence-electron chi connectivity index (χ3n) is 4.34. The van der Waals surface area contributed by atoms with E-state index in [2.05, 4.69) is 37.9 Å². The normalized spacial score (nSPS) is 38.4. The van der Waals surface area contributed by atoms with Gasteiger partial charge in [-0.05, 0) is 37.5 Å². The summed E-state index contributed by atoms with van der Waals surface area (Å²) in [5, 5.41) is 3.51. The van der Waals surface area contributed by atoms with Crippen LogP contribution in [-0.4, -0.2) is 29.1 Å². The maximum atomic E-state index is 12.5. The average Bonchev–Trinajstić information content (AvgIpc) is 2.81. The predicted molar refractivity (Wildman–Crippen MR) is 69.5 cm³/mol. The van der Waals surface area contributed by atoms with Gasteiger partial charge in [-0.25, -0.2) is 0 Å². The van der Waals surface area contributed by atoms with Crippen LogP contribution in [0.4, 0.5) is 0 Å². The summed E-state index contributed by atoms with van der Waals surface area (Å²) in [5.41, 5.74) is 0. The van der Waals surface area contributed by atoms with E-state index in [-0.39, 0.29) is 12.2 Å². The van der Waals surface area contributed by atoms with Gasteiger partial charge in [-0.2, -0.15) is 0 Å². The lowest BCUT2D eigenvalue weighted by Gasteiger charge is -2.29. The van der Waals surface area contributed by atoms with Crippen LogP contribution in [0.5, 0.6) is 0 Å². The molecule has 1 aliphatic heterocycles. The molecule has 1 saturated carbocycles.